The lowest BCUT2D eigenvalue weighted by molar-refractivity contribution is 0.101. The van der Waals surface area contributed by atoms with Crippen LogP contribution in [0.15, 0.2) is 65.3 Å². The minimum Gasteiger partial charge on any atom is -0.497 e. The van der Waals surface area contributed by atoms with E-state index >= 15 is 0 Å². The fraction of sp³-hybridized carbons (Fsp3) is 0.0556. The molecule has 25 heavy (non-hydrogen) atoms. The summed E-state index contributed by atoms with van der Waals surface area (Å²) in [6, 6.07) is 15.4. The summed E-state index contributed by atoms with van der Waals surface area (Å²) in [6.07, 6.45) is 1.18. The summed E-state index contributed by atoms with van der Waals surface area (Å²) in [5.74, 6) is -0.135. The van der Waals surface area contributed by atoms with Crippen molar-refractivity contribution in [3.05, 3.63) is 72.1 Å². The molecule has 1 aromatic heterocycles. The second-order valence-corrected chi connectivity index (χ2v) is 5.04. The van der Waals surface area contributed by atoms with E-state index in [-0.39, 0.29) is 17.6 Å². The fourth-order valence-corrected chi connectivity index (χ4v) is 2.06. The summed E-state index contributed by atoms with van der Waals surface area (Å²) in [5, 5.41) is 5.18. The molecule has 3 aromatic rings. The lowest BCUT2D eigenvalue weighted by atomic mass is 10.2. The van der Waals surface area contributed by atoms with E-state index in [4.69, 9.17) is 9.15 Å². The Morgan fingerprint density at radius 1 is 0.960 bits per heavy atom. The Balaban J connectivity index is 1.64. The van der Waals surface area contributed by atoms with Crippen molar-refractivity contribution in [3.63, 3.8) is 0 Å². The zero-order chi connectivity index (χ0) is 17.6. The van der Waals surface area contributed by atoms with Crippen LogP contribution in [-0.4, -0.2) is 23.9 Å². The Bertz CT molecular complexity index is 873. The van der Waals surface area contributed by atoms with Crippen molar-refractivity contribution >= 4 is 23.5 Å². The van der Waals surface area contributed by atoms with Crippen LogP contribution < -0.4 is 15.4 Å². The van der Waals surface area contributed by atoms with Crippen LogP contribution >= 0.6 is 0 Å². The highest BCUT2D eigenvalue weighted by Gasteiger charge is 2.15. The molecule has 7 nitrogen and oxygen atoms in total. The molecule has 0 spiro atoms. The maximum Gasteiger partial charge on any atom is 0.302 e. The van der Waals surface area contributed by atoms with E-state index in [9.17, 15) is 9.59 Å². The predicted octanol–water partition coefficient (Wildman–Crippen LogP) is 3.19. The summed E-state index contributed by atoms with van der Waals surface area (Å²) in [6.45, 7) is 0. The molecule has 0 saturated heterocycles. The van der Waals surface area contributed by atoms with Crippen LogP contribution in [0, 0.1) is 0 Å². The SMILES string of the molecule is COc1ccc(NC(=O)c2coc(NC(=O)c3ccccc3)n2)cc1. The number of rotatable bonds is 5. The van der Waals surface area contributed by atoms with Crippen molar-refractivity contribution in [2.24, 2.45) is 0 Å². The third-order valence-electron chi connectivity index (χ3n) is 3.34. The monoisotopic (exact) mass is 337 g/mol. The first-order valence-electron chi connectivity index (χ1n) is 7.43. The third-order valence-corrected chi connectivity index (χ3v) is 3.34. The number of carbonyl (C=O) groups excluding carboxylic acids is 2. The van der Waals surface area contributed by atoms with Crippen molar-refractivity contribution in [1.82, 2.24) is 4.98 Å². The molecule has 0 aliphatic rings. The molecule has 0 radical (unpaired) electrons. The number of ether oxygens (including phenoxy) is 1. The number of carbonyl (C=O) groups is 2. The van der Waals surface area contributed by atoms with Gasteiger partial charge in [-0.05, 0) is 36.4 Å². The number of anilines is 2. The highest BCUT2D eigenvalue weighted by atomic mass is 16.5. The Morgan fingerprint density at radius 3 is 2.36 bits per heavy atom. The molecule has 0 unspecified atom stereocenters. The van der Waals surface area contributed by atoms with Crippen LogP contribution in [0.2, 0.25) is 0 Å². The summed E-state index contributed by atoms with van der Waals surface area (Å²) < 4.78 is 10.2. The van der Waals surface area contributed by atoms with Gasteiger partial charge in [-0.25, -0.2) is 0 Å². The van der Waals surface area contributed by atoms with Crippen LogP contribution in [0.3, 0.4) is 0 Å². The van der Waals surface area contributed by atoms with Crippen molar-refractivity contribution in [2.75, 3.05) is 17.7 Å². The third kappa shape index (κ3) is 4.03. The van der Waals surface area contributed by atoms with Gasteiger partial charge in [0.05, 0.1) is 7.11 Å². The first-order valence-corrected chi connectivity index (χ1v) is 7.43. The molecular formula is C18H15N3O4. The lowest BCUT2D eigenvalue weighted by Gasteiger charge is -2.04. The quantitative estimate of drug-likeness (QED) is 0.746. The minimum absolute atomic E-state index is 0.0475. The van der Waals surface area contributed by atoms with Gasteiger partial charge in [-0.15, -0.1) is 0 Å². The van der Waals surface area contributed by atoms with Gasteiger partial charge in [0.1, 0.15) is 12.0 Å². The Labute approximate surface area is 143 Å². The fourth-order valence-electron chi connectivity index (χ4n) is 2.06. The highest BCUT2D eigenvalue weighted by Crippen LogP contribution is 2.16. The summed E-state index contributed by atoms with van der Waals surface area (Å²) in [5.41, 5.74) is 1.10. The van der Waals surface area contributed by atoms with E-state index in [1.165, 1.54) is 6.26 Å². The number of methoxy groups -OCH3 is 1. The zero-order valence-corrected chi connectivity index (χ0v) is 13.4. The predicted molar refractivity (Wildman–Crippen MR) is 91.8 cm³/mol. The number of nitrogens with zero attached hydrogens (tertiary/aromatic N) is 1. The Hall–Kier alpha value is -3.61. The molecule has 0 fully saturated rings. The summed E-state index contributed by atoms with van der Waals surface area (Å²) in [7, 11) is 1.56. The molecule has 0 aliphatic carbocycles. The van der Waals surface area contributed by atoms with Gasteiger partial charge >= 0.3 is 6.01 Å². The smallest absolute Gasteiger partial charge is 0.302 e. The van der Waals surface area contributed by atoms with E-state index in [0.717, 1.165) is 0 Å². The van der Waals surface area contributed by atoms with Gasteiger partial charge < -0.3 is 14.5 Å². The highest BCUT2D eigenvalue weighted by molar-refractivity contribution is 6.05. The number of nitrogens with one attached hydrogen (secondary N) is 2. The molecule has 7 heteroatoms. The van der Waals surface area contributed by atoms with Crippen LogP contribution in [-0.2, 0) is 0 Å². The minimum atomic E-state index is -0.450. The summed E-state index contributed by atoms with van der Waals surface area (Å²) in [4.78, 5) is 28.2. The number of oxazole rings is 1. The number of hydrogen-bond acceptors (Lipinski definition) is 5. The van der Waals surface area contributed by atoms with Crippen molar-refractivity contribution in [2.45, 2.75) is 0 Å². The average molecular weight is 337 g/mol. The van der Waals surface area contributed by atoms with E-state index in [1.807, 2.05) is 6.07 Å². The van der Waals surface area contributed by atoms with Gasteiger partial charge in [-0.2, -0.15) is 4.98 Å². The van der Waals surface area contributed by atoms with E-state index in [1.54, 1.807) is 55.6 Å². The first-order chi connectivity index (χ1) is 12.2. The van der Waals surface area contributed by atoms with Crippen molar-refractivity contribution in [3.8, 4) is 5.75 Å². The van der Waals surface area contributed by atoms with E-state index in [2.05, 4.69) is 15.6 Å². The Kier molecular flexibility index (Phi) is 4.75. The average Bonchev–Trinajstić information content (AvgIpc) is 3.12. The maximum atomic E-state index is 12.2. The molecule has 1 heterocycles. The van der Waals surface area contributed by atoms with Gasteiger partial charge in [0.15, 0.2) is 5.69 Å². The molecular weight excluding hydrogens is 322 g/mol. The number of aromatic nitrogens is 1. The number of benzene rings is 2. The second-order valence-electron chi connectivity index (χ2n) is 5.04. The molecule has 0 saturated carbocycles. The molecule has 2 aromatic carbocycles. The zero-order valence-electron chi connectivity index (χ0n) is 13.4. The van der Waals surface area contributed by atoms with Gasteiger partial charge in [-0.3, -0.25) is 14.9 Å². The molecule has 126 valence electrons. The molecule has 0 bridgehead atoms. The van der Waals surface area contributed by atoms with E-state index in [0.29, 0.717) is 17.0 Å². The van der Waals surface area contributed by atoms with Crippen molar-refractivity contribution < 1.29 is 18.7 Å². The van der Waals surface area contributed by atoms with Crippen LogP contribution in [0.25, 0.3) is 0 Å². The summed E-state index contributed by atoms with van der Waals surface area (Å²) >= 11 is 0. The largest absolute Gasteiger partial charge is 0.497 e. The second kappa shape index (κ2) is 7.31. The molecule has 0 atom stereocenters. The molecule has 0 aliphatic heterocycles. The van der Waals surface area contributed by atoms with Gasteiger partial charge in [0.25, 0.3) is 11.8 Å². The van der Waals surface area contributed by atoms with Crippen molar-refractivity contribution in [1.29, 1.82) is 0 Å². The number of amides is 2. The van der Waals surface area contributed by atoms with Gasteiger partial charge in [-0.1, -0.05) is 18.2 Å². The first kappa shape index (κ1) is 16.3. The van der Waals surface area contributed by atoms with Crippen LogP contribution in [0.1, 0.15) is 20.8 Å². The van der Waals surface area contributed by atoms with Crippen LogP contribution in [0.5, 0.6) is 5.75 Å². The molecule has 2 amide bonds. The normalized spacial score (nSPS) is 10.1. The maximum absolute atomic E-state index is 12.2. The lowest BCUT2D eigenvalue weighted by Crippen LogP contribution is -2.14. The van der Waals surface area contributed by atoms with Crippen LogP contribution in [0.4, 0.5) is 11.7 Å². The van der Waals surface area contributed by atoms with Gasteiger partial charge in [0, 0.05) is 11.3 Å². The van der Waals surface area contributed by atoms with E-state index < -0.39 is 5.91 Å². The number of hydrogen-bond donors (Lipinski definition) is 2. The Morgan fingerprint density at radius 2 is 1.68 bits per heavy atom. The molecule has 2 N–H and O–H groups in total. The van der Waals surface area contributed by atoms with Gasteiger partial charge in [0.2, 0.25) is 0 Å². The molecule has 3 rings (SSSR count). The topological polar surface area (TPSA) is 93.5 Å². The standard InChI is InChI=1S/C18H15N3O4/c1-24-14-9-7-13(8-10-14)19-17(23)15-11-25-18(20-15)21-16(22)12-5-3-2-4-6-12/h2-11H,1H3,(H,19,23)(H,20,21,22).